The standard InChI is InChI=1S/C23H26N4O3/c1-17-16-18(2)27(24-17)20-8-5-19(6-9-20)7-10-22(28)25-11-13-26(14-12-25)23(29)21-4-3-15-30-21/h3-6,8-9,15-16H,7,10-14H2,1-2H3. The van der Waals surface area contributed by atoms with Crippen molar-refractivity contribution in [3.8, 4) is 5.69 Å². The van der Waals surface area contributed by atoms with Crippen LogP contribution in [0, 0.1) is 13.8 Å². The lowest BCUT2D eigenvalue weighted by Crippen LogP contribution is -2.50. The lowest BCUT2D eigenvalue weighted by atomic mass is 10.1. The van der Waals surface area contributed by atoms with Gasteiger partial charge in [0.15, 0.2) is 5.76 Å². The fourth-order valence-electron chi connectivity index (χ4n) is 3.82. The van der Waals surface area contributed by atoms with E-state index in [2.05, 4.69) is 23.3 Å². The van der Waals surface area contributed by atoms with E-state index >= 15 is 0 Å². The highest BCUT2D eigenvalue weighted by Crippen LogP contribution is 2.15. The quantitative estimate of drug-likeness (QED) is 0.653. The molecule has 0 N–H and O–H groups in total. The van der Waals surface area contributed by atoms with E-state index in [9.17, 15) is 9.59 Å². The van der Waals surface area contributed by atoms with Crippen molar-refractivity contribution in [1.82, 2.24) is 19.6 Å². The van der Waals surface area contributed by atoms with Crippen LogP contribution in [0.25, 0.3) is 5.69 Å². The van der Waals surface area contributed by atoms with Crippen LogP contribution in [0.2, 0.25) is 0 Å². The number of aryl methyl sites for hydroxylation is 3. The van der Waals surface area contributed by atoms with Crippen molar-refractivity contribution in [3.63, 3.8) is 0 Å². The van der Waals surface area contributed by atoms with Gasteiger partial charge in [-0.25, -0.2) is 4.68 Å². The summed E-state index contributed by atoms with van der Waals surface area (Å²) in [5, 5.41) is 4.50. The van der Waals surface area contributed by atoms with Gasteiger partial charge in [-0.3, -0.25) is 9.59 Å². The van der Waals surface area contributed by atoms with E-state index in [1.165, 1.54) is 6.26 Å². The highest BCUT2D eigenvalue weighted by Gasteiger charge is 2.25. The number of piperazine rings is 1. The number of carbonyl (C=O) groups excluding carboxylic acids is 2. The van der Waals surface area contributed by atoms with Crippen LogP contribution in [0.5, 0.6) is 0 Å². The van der Waals surface area contributed by atoms with E-state index in [0.717, 1.165) is 22.6 Å². The predicted octanol–water partition coefficient (Wildman–Crippen LogP) is 3.00. The van der Waals surface area contributed by atoms with Crippen molar-refractivity contribution in [2.75, 3.05) is 26.2 Å². The fourth-order valence-corrected chi connectivity index (χ4v) is 3.82. The van der Waals surface area contributed by atoms with E-state index in [1.807, 2.05) is 35.6 Å². The largest absolute Gasteiger partial charge is 0.459 e. The zero-order chi connectivity index (χ0) is 21.1. The first-order valence-electron chi connectivity index (χ1n) is 10.2. The third-order valence-electron chi connectivity index (χ3n) is 5.47. The normalized spacial score (nSPS) is 14.2. The molecule has 1 aromatic carbocycles. The summed E-state index contributed by atoms with van der Waals surface area (Å²) in [5.41, 5.74) is 4.24. The third-order valence-corrected chi connectivity index (χ3v) is 5.47. The van der Waals surface area contributed by atoms with Crippen molar-refractivity contribution < 1.29 is 14.0 Å². The second-order valence-electron chi connectivity index (χ2n) is 7.66. The van der Waals surface area contributed by atoms with Crippen molar-refractivity contribution in [2.24, 2.45) is 0 Å². The molecule has 1 aliphatic rings. The summed E-state index contributed by atoms with van der Waals surface area (Å²) in [6, 6.07) is 13.6. The number of amides is 2. The van der Waals surface area contributed by atoms with Crippen LogP contribution < -0.4 is 0 Å². The maximum atomic E-state index is 12.6. The van der Waals surface area contributed by atoms with Gasteiger partial charge >= 0.3 is 0 Å². The summed E-state index contributed by atoms with van der Waals surface area (Å²) >= 11 is 0. The van der Waals surface area contributed by atoms with Gasteiger partial charge in [0.2, 0.25) is 5.91 Å². The molecule has 1 aliphatic heterocycles. The lowest BCUT2D eigenvalue weighted by molar-refractivity contribution is -0.132. The Balaban J connectivity index is 1.27. The van der Waals surface area contributed by atoms with Gasteiger partial charge in [-0.2, -0.15) is 5.10 Å². The van der Waals surface area contributed by atoms with Crippen LogP contribution in [0.4, 0.5) is 0 Å². The van der Waals surface area contributed by atoms with Gasteiger partial charge in [-0.15, -0.1) is 0 Å². The number of nitrogens with zero attached hydrogens (tertiary/aromatic N) is 4. The first kappa shape index (κ1) is 19.9. The molecule has 0 aliphatic carbocycles. The molecule has 156 valence electrons. The van der Waals surface area contributed by atoms with E-state index in [0.29, 0.717) is 44.8 Å². The van der Waals surface area contributed by atoms with Gasteiger partial charge in [0.25, 0.3) is 5.91 Å². The minimum absolute atomic E-state index is 0.116. The molecule has 1 saturated heterocycles. The van der Waals surface area contributed by atoms with Crippen molar-refractivity contribution in [1.29, 1.82) is 0 Å². The molecule has 7 nitrogen and oxygen atoms in total. The van der Waals surface area contributed by atoms with E-state index in [4.69, 9.17) is 4.42 Å². The molecule has 0 atom stereocenters. The molecule has 3 aromatic rings. The highest BCUT2D eigenvalue weighted by molar-refractivity contribution is 5.91. The number of carbonyl (C=O) groups is 2. The Morgan fingerprint density at radius 3 is 2.30 bits per heavy atom. The van der Waals surface area contributed by atoms with Gasteiger partial charge in [0.1, 0.15) is 0 Å². The smallest absolute Gasteiger partial charge is 0.289 e. The molecule has 0 bridgehead atoms. The molecule has 7 heteroatoms. The average molecular weight is 406 g/mol. The average Bonchev–Trinajstić information content (AvgIpc) is 3.41. The Labute approximate surface area is 175 Å². The predicted molar refractivity (Wildman–Crippen MR) is 113 cm³/mol. The summed E-state index contributed by atoms with van der Waals surface area (Å²) in [7, 11) is 0. The molecule has 1 fully saturated rings. The number of hydrogen-bond acceptors (Lipinski definition) is 4. The number of furan rings is 1. The first-order valence-corrected chi connectivity index (χ1v) is 10.2. The number of benzene rings is 1. The van der Waals surface area contributed by atoms with Gasteiger partial charge < -0.3 is 14.2 Å². The summed E-state index contributed by atoms with van der Waals surface area (Å²) in [4.78, 5) is 28.5. The number of rotatable bonds is 5. The molecule has 2 aromatic heterocycles. The lowest BCUT2D eigenvalue weighted by Gasteiger charge is -2.34. The van der Waals surface area contributed by atoms with Gasteiger partial charge in [-0.1, -0.05) is 12.1 Å². The summed E-state index contributed by atoms with van der Waals surface area (Å²) < 4.78 is 7.10. The maximum absolute atomic E-state index is 12.6. The van der Waals surface area contributed by atoms with Gasteiger partial charge in [0, 0.05) is 38.3 Å². The molecule has 0 radical (unpaired) electrons. The second kappa shape index (κ2) is 8.57. The zero-order valence-electron chi connectivity index (χ0n) is 17.4. The summed E-state index contributed by atoms with van der Waals surface area (Å²) in [5.74, 6) is 0.358. The molecule has 0 spiro atoms. The molecular weight excluding hydrogens is 380 g/mol. The number of aromatic nitrogens is 2. The van der Waals surface area contributed by atoms with Crippen LogP contribution in [0.1, 0.15) is 33.9 Å². The van der Waals surface area contributed by atoms with Crippen molar-refractivity contribution in [3.05, 3.63) is 71.4 Å². The zero-order valence-corrected chi connectivity index (χ0v) is 17.4. The molecule has 2 amide bonds. The fraction of sp³-hybridized carbons (Fsp3) is 0.348. The van der Waals surface area contributed by atoms with Crippen LogP contribution >= 0.6 is 0 Å². The van der Waals surface area contributed by atoms with Gasteiger partial charge in [0.05, 0.1) is 17.6 Å². The van der Waals surface area contributed by atoms with Crippen molar-refractivity contribution in [2.45, 2.75) is 26.7 Å². The van der Waals surface area contributed by atoms with Crippen LogP contribution in [-0.2, 0) is 11.2 Å². The highest BCUT2D eigenvalue weighted by atomic mass is 16.3. The minimum Gasteiger partial charge on any atom is -0.459 e. The maximum Gasteiger partial charge on any atom is 0.289 e. The third kappa shape index (κ3) is 4.30. The summed E-state index contributed by atoms with van der Waals surface area (Å²) in [6.45, 7) is 6.19. The monoisotopic (exact) mass is 406 g/mol. The molecule has 0 saturated carbocycles. The van der Waals surface area contributed by atoms with E-state index in [1.54, 1.807) is 17.0 Å². The Bertz CT molecular complexity index is 1010. The Kier molecular flexibility index (Phi) is 5.70. The van der Waals surface area contributed by atoms with Crippen LogP contribution in [0.3, 0.4) is 0 Å². The Morgan fingerprint density at radius 1 is 1.00 bits per heavy atom. The minimum atomic E-state index is -0.116. The van der Waals surface area contributed by atoms with E-state index < -0.39 is 0 Å². The van der Waals surface area contributed by atoms with Crippen LogP contribution in [-0.4, -0.2) is 57.6 Å². The second-order valence-corrected chi connectivity index (χ2v) is 7.66. The molecule has 4 rings (SSSR count). The van der Waals surface area contributed by atoms with Gasteiger partial charge in [-0.05, 0) is 56.2 Å². The van der Waals surface area contributed by atoms with E-state index in [-0.39, 0.29) is 11.8 Å². The molecule has 3 heterocycles. The number of hydrogen-bond donors (Lipinski definition) is 0. The molecule has 30 heavy (non-hydrogen) atoms. The molecule has 0 unspecified atom stereocenters. The SMILES string of the molecule is Cc1cc(C)n(-c2ccc(CCC(=O)N3CCN(C(=O)c4ccco4)CC3)cc2)n1. The van der Waals surface area contributed by atoms with Crippen LogP contribution in [0.15, 0.2) is 53.1 Å². The Hall–Kier alpha value is -3.35. The van der Waals surface area contributed by atoms with Crippen molar-refractivity contribution >= 4 is 11.8 Å². The molecular formula is C23H26N4O3. The Morgan fingerprint density at radius 2 is 1.70 bits per heavy atom. The topological polar surface area (TPSA) is 71.6 Å². The summed E-state index contributed by atoms with van der Waals surface area (Å²) in [6.07, 6.45) is 2.66. The first-order chi connectivity index (χ1) is 14.5.